The Kier molecular flexibility index (Phi) is 4.07. The SMILES string of the molecule is COc1ccc(N=C2NC(=O)/C(=C/c3ccc4c(c3)OCO4)S2)cc1. The molecule has 0 atom stereocenters. The zero-order chi connectivity index (χ0) is 17.2. The minimum Gasteiger partial charge on any atom is -0.497 e. The molecule has 1 fully saturated rings. The highest BCUT2D eigenvalue weighted by Crippen LogP contribution is 2.34. The molecule has 1 amide bonds. The number of thioether (sulfide) groups is 1. The van der Waals surface area contributed by atoms with Gasteiger partial charge in [-0.15, -0.1) is 0 Å². The van der Waals surface area contributed by atoms with E-state index in [2.05, 4.69) is 10.3 Å². The highest BCUT2D eigenvalue weighted by Gasteiger charge is 2.24. The van der Waals surface area contributed by atoms with Gasteiger partial charge in [0.15, 0.2) is 16.7 Å². The summed E-state index contributed by atoms with van der Waals surface area (Å²) in [7, 11) is 1.61. The first-order valence-corrected chi connectivity index (χ1v) is 8.36. The summed E-state index contributed by atoms with van der Waals surface area (Å²) in [6.45, 7) is 0.225. The number of nitrogens with zero attached hydrogens (tertiary/aromatic N) is 1. The molecule has 2 heterocycles. The van der Waals surface area contributed by atoms with E-state index in [1.807, 2.05) is 42.5 Å². The van der Waals surface area contributed by atoms with E-state index >= 15 is 0 Å². The van der Waals surface area contributed by atoms with Crippen molar-refractivity contribution in [1.29, 1.82) is 0 Å². The highest BCUT2D eigenvalue weighted by atomic mass is 32.2. The number of ether oxygens (including phenoxy) is 3. The smallest absolute Gasteiger partial charge is 0.264 e. The van der Waals surface area contributed by atoms with E-state index in [-0.39, 0.29) is 12.7 Å². The van der Waals surface area contributed by atoms with Gasteiger partial charge in [0, 0.05) is 0 Å². The Morgan fingerprint density at radius 2 is 1.96 bits per heavy atom. The lowest BCUT2D eigenvalue weighted by molar-refractivity contribution is -0.115. The lowest BCUT2D eigenvalue weighted by atomic mass is 10.2. The highest BCUT2D eigenvalue weighted by molar-refractivity contribution is 8.18. The van der Waals surface area contributed by atoms with Crippen molar-refractivity contribution in [2.45, 2.75) is 0 Å². The fraction of sp³-hybridized carbons (Fsp3) is 0.111. The van der Waals surface area contributed by atoms with Crippen LogP contribution >= 0.6 is 11.8 Å². The van der Waals surface area contributed by atoms with Crippen LogP contribution < -0.4 is 19.5 Å². The maximum absolute atomic E-state index is 12.2. The molecule has 0 spiro atoms. The number of rotatable bonds is 3. The summed E-state index contributed by atoms with van der Waals surface area (Å²) in [5.41, 5.74) is 1.61. The quantitative estimate of drug-likeness (QED) is 0.857. The van der Waals surface area contributed by atoms with Gasteiger partial charge in [-0.1, -0.05) is 6.07 Å². The van der Waals surface area contributed by atoms with Crippen molar-refractivity contribution in [2.75, 3.05) is 13.9 Å². The molecule has 7 heteroatoms. The van der Waals surface area contributed by atoms with Crippen LogP contribution in [0.15, 0.2) is 52.4 Å². The molecule has 0 unspecified atom stereocenters. The van der Waals surface area contributed by atoms with Crippen LogP contribution in [0.25, 0.3) is 6.08 Å². The predicted octanol–water partition coefficient (Wildman–Crippen LogP) is 3.32. The Morgan fingerprint density at radius 1 is 1.16 bits per heavy atom. The fourth-order valence-corrected chi connectivity index (χ4v) is 3.25. The fourth-order valence-electron chi connectivity index (χ4n) is 2.41. The second-order valence-electron chi connectivity index (χ2n) is 5.29. The monoisotopic (exact) mass is 354 g/mol. The van der Waals surface area contributed by atoms with E-state index in [0.717, 1.165) is 17.0 Å². The number of hydrogen-bond donors (Lipinski definition) is 1. The Balaban J connectivity index is 1.54. The van der Waals surface area contributed by atoms with Crippen LogP contribution in [0.5, 0.6) is 17.2 Å². The van der Waals surface area contributed by atoms with Gasteiger partial charge in [-0.3, -0.25) is 4.79 Å². The molecule has 0 saturated carbocycles. The van der Waals surface area contributed by atoms with Crippen LogP contribution in [0, 0.1) is 0 Å². The van der Waals surface area contributed by atoms with Crippen LogP contribution in [-0.4, -0.2) is 25.0 Å². The molecular weight excluding hydrogens is 340 g/mol. The third-order valence-electron chi connectivity index (χ3n) is 3.65. The van der Waals surface area contributed by atoms with Crippen LogP contribution in [0.1, 0.15) is 5.56 Å². The van der Waals surface area contributed by atoms with Crippen molar-refractivity contribution in [2.24, 2.45) is 4.99 Å². The predicted molar refractivity (Wildman–Crippen MR) is 96.4 cm³/mol. The van der Waals surface area contributed by atoms with E-state index in [1.54, 1.807) is 13.2 Å². The number of nitrogens with one attached hydrogen (secondary N) is 1. The summed E-state index contributed by atoms with van der Waals surface area (Å²) in [6.07, 6.45) is 1.80. The van der Waals surface area contributed by atoms with Gasteiger partial charge in [-0.05, 0) is 59.8 Å². The van der Waals surface area contributed by atoms with Crippen LogP contribution in [0.3, 0.4) is 0 Å². The van der Waals surface area contributed by atoms with E-state index < -0.39 is 0 Å². The zero-order valence-corrected chi connectivity index (χ0v) is 14.1. The Labute approximate surface area is 148 Å². The standard InChI is InChI=1S/C18H14N2O4S/c1-22-13-5-3-12(4-6-13)19-18-20-17(21)16(25-18)9-11-2-7-14-15(8-11)24-10-23-14/h2-9H,10H2,1H3,(H,19,20,21)/b16-9-. The van der Waals surface area contributed by atoms with Gasteiger partial charge < -0.3 is 19.5 Å². The molecule has 0 radical (unpaired) electrons. The molecule has 4 rings (SSSR count). The third kappa shape index (κ3) is 3.32. The minimum absolute atomic E-state index is 0.171. The third-order valence-corrected chi connectivity index (χ3v) is 4.56. The number of aliphatic imine (C=N–C) groups is 1. The number of fused-ring (bicyclic) bond motifs is 1. The number of benzene rings is 2. The van der Waals surface area contributed by atoms with Gasteiger partial charge in [-0.25, -0.2) is 4.99 Å². The topological polar surface area (TPSA) is 69.2 Å². The van der Waals surface area contributed by atoms with Gasteiger partial charge in [0.25, 0.3) is 5.91 Å². The van der Waals surface area contributed by atoms with Gasteiger partial charge in [0.05, 0.1) is 17.7 Å². The maximum Gasteiger partial charge on any atom is 0.264 e. The summed E-state index contributed by atoms with van der Waals surface area (Å²) in [4.78, 5) is 17.2. The summed E-state index contributed by atoms with van der Waals surface area (Å²) < 4.78 is 15.8. The Bertz CT molecular complexity index is 890. The molecule has 0 bridgehead atoms. The summed E-state index contributed by atoms with van der Waals surface area (Å²) in [5, 5.41) is 3.32. The maximum atomic E-state index is 12.2. The molecule has 0 aliphatic carbocycles. The van der Waals surface area contributed by atoms with Gasteiger partial charge >= 0.3 is 0 Å². The first kappa shape index (κ1) is 15.6. The van der Waals surface area contributed by atoms with Crippen molar-refractivity contribution >= 4 is 34.6 Å². The number of hydrogen-bond acceptors (Lipinski definition) is 6. The summed E-state index contributed by atoms with van der Waals surface area (Å²) in [5.74, 6) is 1.99. The normalized spacial score (nSPS) is 18.7. The first-order chi connectivity index (χ1) is 12.2. The van der Waals surface area contributed by atoms with Crippen LogP contribution in [-0.2, 0) is 4.79 Å². The molecule has 1 N–H and O–H groups in total. The molecule has 1 saturated heterocycles. The van der Waals surface area contributed by atoms with Crippen LogP contribution in [0.2, 0.25) is 0 Å². The van der Waals surface area contributed by atoms with E-state index in [9.17, 15) is 4.79 Å². The van der Waals surface area contributed by atoms with Crippen molar-refractivity contribution in [1.82, 2.24) is 5.32 Å². The number of amides is 1. The Morgan fingerprint density at radius 3 is 2.76 bits per heavy atom. The second kappa shape index (κ2) is 6.52. The van der Waals surface area contributed by atoms with E-state index in [4.69, 9.17) is 14.2 Å². The number of carbonyl (C=O) groups excluding carboxylic acids is 1. The molecular formula is C18H14N2O4S. The van der Waals surface area contributed by atoms with Crippen molar-refractivity contribution in [3.63, 3.8) is 0 Å². The van der Waals surface area contributed by atoms with Crippen molar-refractivity contribution in [3.8, 4) is 17.2 Å². The molecule has 0 aromatic heterocycles. The molecule has 126 valence electrons. The molecule has 2 aliphatic rings. The summed E-state index contributed by atoms with van der Waals surface area (Å²) in [6, 6.07) is 12.9. The van der Waals surface area contributed by atoms with Crippen molar-refractivity contribution in [3.05, 3.63) is 52.9 Å². The molecule has 2 aromatic rings. The lowest BCUT2D eigenvalue weighted by Crippen LogP contribution is -2.19. The second-order valence-corrected chi connectivity index (χ2v) is 6.32. The number of amidine groups is 1. The van der Waals surface area contributed by atoms with E-state index in [1.165, 1.54) is 11.8 Å². The molecule has 25 heavy (non-hydrogen) atoms. The molecule has 6 nitrogen and oxygen atoms in total. The van der Waals surface area contributed by atoms with Crippen molar-refractivity contribution < 1.29 is 19.0 Å². The number of carbonyl (C=O) groups is 1. The van der Waals surface area contributed by atoms with E-state index in [0.29, 0.717) is 21.6 Å². The van der Waals surface area contributed by atoms with Crippen LogP contribution in [0.4, 0.5) is 5.69 Å². The van der Waals surface area contributed by atoms with Gasteiger partial charge in [-0.2, -0.15) is 0 Å². The average molecular weight is 354 g/mol. The number of methoxy groups -OCH3 is 1. The largest absolute Gasteiger partial charge is 0.497 e. The molecule has 2 aromatic carbocycles. The Hall–Kier alpha value is -2.93. The van der Waals surface area contributed by atoms with Gasteiger partial charge in [0.1, 0.15) is 5.75 Å². The lowest BCUT2D eigenvalue weighted by Gasteiger charge is -2.00. The average Bonchev–Trinajstić information content (AvgIpc) is 3.22. The van der Waals surface area contributed by atoms with Gasteiger partial charge in [0.2, 0.25) is 6.79 Å². The first-order valence-electron chi connectivity index (χ1n) is 7.54. The molecule has 2 aliphatic heterocycles. The zero-order valence-electron chi connectivity index (χ0n) is 13.3. The summed E-state index contributed by atoms with van der Waals surface area (Å²) >= 11 is 1.30. The minimum atomic E-state index is -0.171.